The molecule has 0 saturated carbocycles. The molecule has 1 aromatic carbocycles. The van der Waals surface area contributed by atoms with Crippen molar-refractivity contribution < 1.29 is 9.53 Å². The lowest BCUT2D eigenvalue weighted by Crippen LogP contribution is -2.13. The fourth-order valence-corrected chi connectivity index (χ4v) is 3.89. The number of carbonyl (C=O) groups is 1. The summed E-state index contributed by atoms with van der Waals surface area (Å²) in [5, 5.41) is 4.06. The van der Waals surface area contributed by atoms with E-state index in [4.69, 9.17) is 4.74 Å². The van der Waals surface area contributed by atoms with Crippen LogP contribution in [0.4, 0.5) is 5.13 Å². The van der Waals surface area contributed by atoms with E-state index in [2.05, 4.69) is 30.2 Å². The lowest BCUT2D eigenvalue weighted by molar-refractivity contribution is -0.113. The number of anilines is 1. The second-order valence-electron chi connectivity index (χ2n) is 4.97. The lowest BCUT2D eigenvalue weighted by Gasteiger charge is -2.02. The topological polar surface area (TPSA) is 106 Å². The molecule has 1 amide bonds. The summed E-state index contributed by atoms with van der Waals surface area (Å²) in [4.78, 5) is 31.9. The van der Waals surface area contributed by atoms with Gasteiger partial charge in [0.05, 0.1) is 29.4 Å². The van der Waals surface area contributed by atoms with Crippen molar-refractivity contribution in [3.63, 3.8) is 0 Å². The molecule has 10 heteroatoms. The number of hydrogen-bond acceptors (Lipinski definition) is 8. The van der Waals surface area contributed by atoms with Crippen molar-refractivity contribution in [3.8, 4) is 5.75 Å². The number of ether oxygens (including phenoxy) is 1. The molecule has 4 rings (SSSR count). The smallest absolute Gasteiger partial charge is 0.236 e. The molecule has 0 unspecified atom stereocenters. The highest BCUT2D eigenvalue weighted by molar-refractivity contribution is 8.00. The van der Waals surface area contributed by atoms with Gasteiger partial charge in [-0.2, -0.15) is 0 Å². The van der Waals surface area contributed by atoms with Crippen molar-refractivity contribution in [2.24, 2.45) is 0 Å². The molecule has 25 heavy (non-hydrogen) atoms. The summed E-state index contributed by atoms with van der Waals surface area (Å²) >= 11 is 2.72. The Kier molecular flexibility index (Phi) is 4.20. The third-order valence-corrected chi connectivity index (χ3v) is 5.29. The van der Waals surface area contributed by atoms with Crippen molar-refractivity contribution in [1.29, 1.82) is 0 Å². The first kappa shape index (κ1) is 15.8. The Hall–Kier alpha value is -2.72. The summed E-state index contributed by atoms with van der Waals surface area (Å²) in [5.74, 6) is 0.823. The zero-order valence-electron chi connectivity index (χ0n) is 13.0. The molecule has 3 aromatic heterocycles. The lowest BCUT2D eigenvalue weighted by atomic mass is 10.3. The number of benzene rings is 1. The number of aromatic amines is 1. The first-order valence-corrected chi connectivity index (χ1v) is 9.04. The minimum atomic E-state index is -0.151. The van der Waals surface area contributed by atoms with Gasteiger partial charge in [0.2, 0.25) is 5.91 Å². The molecule has 4 aromatic rings. The number of thiazole rings is 1. The number of amides is 1. The standard InChI is InChI=1S/C15H12N6O2S2/c1-23-8-2-3-9-10(4-8)25-15(20-9)21-11(22)5-24-14-12-13(17-6-16-12)18-7-19-14/h2-4,6-7H,5H2,1H3,(H,20,21,22)(H,16,17,18,19). The van der Waals surface area contributed by atoms with E-state index in [0.717, 1.165) is 21.5 Å². The molecular formula is C15H12N6O2S2. The largest absolute Gasteiger partial charge is 0.497 e. The van der Waals surface area contributed by atoms with Gasteiger partial charge in [0.25, 0.3) is 0 Å². The molecular weight excluding hydrogens is 360 g/mol. The van der Waals surface area contributed by atoms with Crippen LogP contribution in [0, 0.1) is 0 Å². The van der Waals surface area contributed by atoms with Crippen molar-refractivity contribution in [2.75, 3.05) is 18.2 Å². The molecule has 0 radical (unpaired) electrons. The molecule has 0 aliphatic carbocycles. The van der Waals surface area contributed by atoms with Crippen LogP contribution in [0.15, 0.2) is 35.9 Å². The van der Waals surface area contributed by atoms with E-state index in [1.165, 1.54) is 29.4 Å². The van der Waals surface area contributed by atoms with Crippen LogP contribution in [0.5, 0.6) is 5.75 Å². The fourth-order valence-electron chi connectivity index (χ4n) is 2.23. The zero-order chi connectivity index (χ0) is 17.2. The monoisotopic (exact) mass is 372 g/mol. The number of thioether (sulfide) groups is 1. The van der Waals surface area contributed by atoms with Crippen LogP contribution in [0.1, 0.15) is 0 Å². The first-order chi connectivity index (χ1) is 12.2. The van der Waals surface area contributed by atoms with Gasteiger partial charge in [-0.25, -0.2) is 19.9 Å². The van der Waals surface area contributed by atoms with E-state index in [9.17, 15) is 4.79 Å². The number of aromatic nitrogens is 5. The summed E-state index contributed by atoms with van der Waals surface area (Å²) < 4.78 is 6.15. The fraction of sp³-hybridized carbons (Fsp3) is 0.133. The molecule has 0 aliphatic rings. The average Bonchev–Trinajstić information content (AvgIpc) is 3.25. The Labute approximate surface area is 150 Å². The van der Waals surface area contributed by atoms with Gasteiger partial charge < -0.3 is 15.0 Å². The number of methoxy groups -OCH3 is 1. The second kappa shape index (κ2) is 6.65. The summed E-state index contributed by atoms with van der Waals surface area (Å²) in [6.07, 6.45) is 2.99. The van der Waals surface area contributed by atoms with Gasteiger partial charge in [-0.15, -0.1) is 0 Å². The molecule has 0 saturated heterocycles. The Bertz CT molecular complexity index is 1060. The van der Waals surface area contributed by atoms with Gasteiger partial charge in [0, 0.05) is 0 Å². The van der Waals surface area contributed by atoms with Gasteiger partial charge in [-0.3, -0.25) is 4.79 Å². The SMILES string of the molecule is COc1ccc2nc(NC(=O)CSc3ncnc4nc[nH]c34)sc2c1. The van der Waals surface area contributed by atoms with Crippen molar-refractivity contribution >= 4 is 55.5 Å². The number of nitrogens with one attached hydrogen (secondary N) is 2. The van der Waals surface area contributed by atoms with Crippen molar-refractivity contribution in [2.45, 2.75) is 5.03 Å². The maximum atomic E-state index is 12.2. The van der Waals surface area contributed by atoms with Crippen LogP contribution >= 0.6 is 23.1 Å². The number of nitrogens with zero attached hydrogens (tertiary/aromatic N) is 4. The van der Waals surface area contributed by atoms with Crippen LogP contribution in [0.2, 0.25) is 0 Å². The Morgan fingerprint density at radius 2 is 2.28 bits per heavy atom. The van der Waals surface area contributed by atoms with Gasteiger partial charge in [0.1, 0.15) is 22.6 Å². The normalized spacial score (nSPS) is 11.1. The Morgan fingerprint density at radius 1 is 1.36 bits per heavy atom. The van der Waals surface area contributed by atoms with Crippen LogP contribution in [-0.4, -0.2) is 43.7 Å². The number of H-pyrrole nitrogens is 1. The second-order valence-corrected chi connectivity index (χ2v) is 6.96. The number of imidazole rings is 1. The number of hydrogen-bond donors (Lipinski definition) is 2. The summed E-state index contributed by atoms with van der Waals surface area (Å²) in [5.41, 5.74) is 2.13. The maximum Gasteiger partial charge on any atom is 0.236 e. The molecule has 0 spiro atoms. The minimum Gasteiger partial charge on any atom is -0.497 e. The van der Waals surface area contributed by atoms with E-state index < -0.39 is 0 Å². The summed E-state index contributed by atoms with van der Waals surface area (Å²) in [6.45, 7) is 0. The summed E-state index contributed by atoms with van der Waals surface area (Å²) in [6, 6.07) is 5.60. The molecule has 0 atom stereocenters. The highest BCUT2D eigenvalue weighted by Gasteiger charge is 2.12. The van der Waals surface area contributed by atoms with Crippen LogP contribution in [-0.2, 0) is 4.79 Å². The average molecular weight is 372 g/mol. The molecule has 0 fully saturated rings. The maximum absolute atomic E-state index is 12.2. The molecule has 0 bridgehead atoms. The molecule has 3 heterocycles. The third-order valence-electron chi connectivity index (χ3n) is 3.37. The number of carbonyl (C=O) groups excluding carboxylic acids is 1. The van der Waals surface area contributed by atoms with Crippen LogP contribution < -0.4 is 10.1 Å². The quantitative estimate of drug-likeness (QED) is 0.410. The van der Waals surface area contributed by atoms with Gasteiger partial charge in [0.15, 0.2) is 10.8 Å². The Balaban J connectivity index is 1.44. The Morgan fingerprint density at radius 3 is 3.16 bits per heavy atom. The minimum absolute atomic E-state index is 0.151. The van der Waals surface area contributed by atoms with Crippen molar-refractivity contribution in [3.05, 3.63) is 30.9 Å². The predicted molar refractivity (Wildman–Crippen MR) is 97.2 cm³/mol. The number of fused-ring (bicyclic) bond motifs is 2. The van der Waals surface area contributed by atoms with Gasteiger partial charge >= 0.3 is 0 Å². The van der Waals surface area contributed by atoms with Gasteiger partial charge in [-0.1, -0.05) is 23.1 Å². The van der Waals surface area contributed by atoms with E-state index in [0.29, 0.717) is 15.8 Å². The highest BCUT2D eigenvalue weighted by Crippen LogP contribution is 2.29. The van der Waals surface area contributed by atoms with Gasteiger partial charge in [-0.05, 0) is 18.2 Å². The third kappa shape index (κ3) is 3.26. The first-order valence-electron chi connectivity index (χ1n) is 7.24. The summed E-state index contributed by atoms with van der Waals surface area (Å²) in [7, 11) is 1.62. The van der Waals surface area contributed by atoms with E-state index in [1.807, 2.05) is 18.2 Å². The molecule has 2 N–H and O–H groups in total. The van der Waals surface area contributed by atoms with E-state index in [-0.39, 0.29) is 11.7 Å². The zero-order valence-corrected chi connectivity index (χ0v) is 14.6. The highest BCUT2D eigenvalue weighted by atomic mass is 32.2. The predicted octanol–water partition coefficient (Wildman–Crippen LogP) is 2.70. The van der Waals surface area contributed by atoms with E-state index in [1.54, 1.807) is 13.4 Å². The molecule has 0 aliphatic heterocycles. The molecule has 8 nitrogen and oxygen atoms in total. The van der Waals surface area contributed by atoms with Crippen LogP contribution in [0.3, 0.4) is 0 Å². The van der Waals surface area contributed by atoms with E-state index >= 15 is 0 Å². The number of rotatable bonds is 5. The van der Waals surface area contributed by atoms with Crippen molar-refractivity contribution in [1.82, 2.24) is 24.9 Å². The molecule has 126 valence electrons. The van der Waals surface area contributed by atoms with Crippen LogP contribution in [0.25, 0.3) is 21.4 Å².